The van der Waals surface area contributed by atoms with Gasteiger partial charge in [0.25, 0.3) is 0 Å². The van der Waals surface area contributed by atoms with Gasteiger partial charge >= 0.3 is 12.1 Å². The molecular formula is C19H25NO6. The first-order chi connectivity index (χ1) is 12.6. The number of fused-ring (bicyclic) bond motifs is 4. The second kappa shape index (κ2) is 7.95. The van der Waals surface area contributed by atoms with E-state index in [0.717, 1.165) is 30.4 Å². The fraction of sp³-hybridized carbons (Fsp3) is 0.579. The number of amides is 1. The number of hydrogen-bond acceptors (Lipinski definition) is 6. The molecule has 0 saturated carbocycles. The van der Waals surface area contributed by atoms with Crippen molar-refractivity contribution in [3.63, 3.8) is 0 Å². The summed E-state index contributed by atoms with van der Waals surface area (Å²) in [6.07, 6.45) is 2.23. The van der Waals surface area contributed by atoms with Gasteiger partial charge in [-0.2, -0.15) is 0 Å². The highest BCUT2D eigenvalue weighted by Gasteiger charge is 2.44. The minimum atomic E-state index is -0.456. The molecule has 0 spiro atoms. The maximum Gasteiger partial charge on any atom is 0.410 e. The monoisotopic (exact) mass is 363 g/mol. The van der Waals surface area contributed by atoms with Gasteiger partial charge in [0.2, 0.25) is 0 Å². The minimum Gasteiger partial charge on any atom is -0.490 e. The highest BCUT2D eigenvalue weighted by atomic mass is 16.6. The van der Waals surface area contributed by atoms with Crippen LogP contribution in [0.25, 0.3) is 0 Å². The Morgan fingerprint density at radius 1 is 1.19 bits per heavy atom. The zero-order chi connectivity index (χ0) is 18.7. The molecule has 2 aliphatic heterocycles. The van der Waals surface area contributed by atoms with Crippen molar-refractivity contribution in [1.29, 1.82) is 0 Å². The number of carbonyl (C=O) groups excluding carboxylic acids is 2. The summed E-state index contributed by atoms with van der Waals surface area (Å²) in [6.45, 7) is 2.93. The molecule has 0 aliphatic carbocycles. The Labute approximate surface area is 153 Å². The summed E-state index contributed by atoms with van der Waals surface area (Å²) >= 11 is 0. The molecule has 2 bridgehead atoms. The lowest BCUT2D eigenvalue weighted by Crippen LogP contribution is -2.42. The lowest BCUT2D eigenvalue weighted by Gasteiger charge is -2.36. The molecule has 1 amide bonds. The number of rotatable bonds is 6. The van der Waals surface area contributed by atoms with E-state index in [-0.39, 0.29) is 18.2 Å². The Balaban J connectivity index is 1.95. The standard InChI is InChI=1S/C19H25NO6/c1-4-25-19(22)20-13-5-6-16(20)14-11-15(18(21)24-3)17(10-12(14)9-13)26-8-7-23-2/h10-11,13,16H,4-9H2,1-3H3. The van der Waals surface area contributed by atoms with Crippen LogP contribution in [0.4, 0.5) is 4.79 Å². The van der Waals surface area contributed by atoms with E-state index in [1.54, 1.807) is 14.0 Å². The Kier molecular flexibility index (Phi) is 5.66. The van der Waals surface area contributed by atoms with Crippen LogP contribution in [0.5, 0.6) is 5.75 Å². The molecule has 26 heavy (non-hydrogen) atoms. The molecule has 1 fully saturated rings. The van der Waals surface area contributed by atoms with E-state index < -0.39 is 5.97 Å². The molecule has 142 valence electrons. The molecule has 0 N–H and O–H groups in total. The van der Waals surface area contributed by atoms with E-state index in [1.165, 1.54) is 7.11 Å². The zero-order valence-electron chi connectivity index (χ0n) is 15.4. The first-order valence-electron chi connectivity index (χ1n) is 8.92. The summed E-state index contributed by atoms with van der Waals surface area (Å²) in [5, 5.41) is 0. The molecular weight excluding hydrogens is 338 g/mol. The molecule has 0 radical (unpaired) electrons. The van der Waals surface area contributed by atoms with Crippen LogP contribution < -0.4 is 4.74 Å². The van der Waals surface area contributed by atoms with Crippen LogP contribution in [0.15, 0.2) is 12.1 Å². The summed E-state index contributed by atoms with van der Waals surface area (Å²) < 4.78 is 20.9. The highest BCUT2D eigenvalue weighted by Crippen LogP contribution is 2.45. The van der Waals surface area contributed by atoms with Crippen molar-refractivity contribution >= 4 is 12.1 Å². The molecule has 7 heteroatoms. The van der Waals surface area contributed by atoms with Crippen molar-refractivity contribution in [3.05, 3.63) is 28.8 Å². The average Bonchev–Trinajstić information content (AvgIpc) is 2.96. The van der Waals surface area contributed by atoms with Gasteiger partial charge in [-0.1, -0.05) is 0 Å². The number of ether oxygens (including phenoxy) is 4. The molecule has 2 unspecified atom stereocenters. The van der Waals surface area contributed by atoms with Crippen LogP contribution in [0.3, 0.4) is 0 Å². The van der Waals surface area contributed by atoms with Crippen molar-refractivity contribution in [2.45, 2.75) is 38.3 Å². The van der Waals surface area contributed by atoms with E-state index in [0.29, 0.717) is 31.1 Å². The third kappa shape index (κ3) is 3.35. The van der Waals surface area contributed by atoms with E-state index in [2.05, 4.69) is 0 Å². The van der Waals surface area contributed by atoms with Crippen molar-refractivity contribution in [2.75, 3.05) is 34.0 Å². The van der Waals surface area contributed by atoms with Gasteiger partial charge in [-0.15, -0.1) is 0 Å². The molecule has 2 aliphatic rings. The molecule has 1 aromatic carbocycles. The smallest absolute Gasteiger partial charge is 0.410 e. The summed E-state index contributed by atoms with van der Waals surface area (Å²) in [7, 11) is 2.94. The predicted octanol–water partition coefficient (Wildman–Crippen LogP) is 2.72. The van der Waals surface area contributed by atoms with Crippen LogP contribution in [-0.4, -0.2) is 57.0 Å². The molecule has 1 saturated heterocycles. The molecule has 0 aromatic heterocycles. The summed E-state index contributed by atoms with van der Waals surface area (Å²) in [4.78, 5) is 26.4. The Hall–Kier alpha value is -2.28. The van der Waals surface area contributed by atoms with E-state index in [4.69, 9.17) is 18.9 Å². The molecule has 7 nitrogen and oxygen atoms in total. The normalized spacial score (nSPS) is 20.5. The molecule has 1 aromatic rings. The molecule has 2 heterocycles. The van der Waals surface area contributed by atoms with Crippen molar-refractivity contribution < 1.29 is 28.5 Å². The fourth-order valence-electron chi connectivity index (χ4n) is 3.87. The van der Waals surface area contributed by atoms with Gasteiger partial charge in [0, 0.05) is 13.2 Å². The maximum atomic E-state index is 12.4. The molecule has 2 atom stereocenters. The third-order valence-corrected chi connectivity index (χ3v) is 4.99. The Morgan fingerprint density at radius 3 is 2.69 bits per heavy atom. The summed E-state index contributed by atoms with van der Waals surface area (Å²) in [5.74, 6) is 0.0413. The maximum absolute atomic E-state index is 12.4. The lowest BCUT2D eigenvalue weighted by atomic mass is 9.91. The van der Waals surface area contributed by atoms with Gasteiger partial charge in [-0.25, -0.2) is 9.59 Å². The second-order valence-electron chi connectivity index (χ2n) is 6.44. The first kappa shape index (κ1) is 18.5. The number of esters is 1. The number of carbonyl (C=O) groups is 2. The Morgan fingerprint density at radius 2 is 2.00 bits per heavy atom. The first-order valence-corrected chi connectivity index (χ1v) is 8.92. The van der Waals surface area contributed by atoms with Gasteiger partial charge in [0.15, 0.2) is 0 Å². The number of hydrogen-bond donors (Lipinski definition) is 0. The zero-order valence-corrected chi connectivity index (χ0v) is 15.4. The van der Waals surface area contributed by atoms with Crippen LogP contribution in [-0.2, 0) is 20.6 Å². The van der Waals surface area contributed by atoms with Gasteiger partial charge in [-0.3, -0.25) is 4.90 Å². The quantitative estimate of drug-likeness (QED) is 0.571. The fourth-order valence-corrected chi connectivity index (χ4v) is 3.87. The summed E-state index contributed by atoms with van der Waals surface area (Å²) in [6, 6.07) is 3.77. The van der Waals surface area contributed by atoms with Crippen LogP contribution in [0.1, 0.15) is 47.3 Å². The molecule has 3 rings (SSSR count). The van der Waals surface area contributed by atoms with Crippen molar-refractivity contribution in [3.8, 4) is 5.75 Å². The van der Waals surface area contributed by atoms with Gasteiger partial charge in [-0.05, 0) is 49.4 Å². The third-order valence-electron chi connectivity index (χ3n) is 4.99. The number of methoxy groups -OCH3 is 2. The van der Waals surface area contributed by atoms with Crippen molar-refractivity contribution in [1.82, 2.24) is 4.90 Å². The largest absolute Gasteiger partial charge is 0.490 e. The van der Waals surface area contributed by atoms with Gasteiger partial charge in [0.05, 0.1) is 26.4 Å². The van der Waals surface area contributed by atoms with Crippen molar-refractivity contribution in [2.24, 2.45) is 0 Å². The van der Waals surface area contributed by atoms with Crippen LogP contribution in [0, 0.1) is 0 Å². The van der Waals surface area contributed by atoms with E-state index in [9.17, 15) is 9.59 Å². The average molecular weight is 363 g/mol. The van der Waals surface area contributed by atoms with Crippen LogP contribution in [0.2, 0.25) is 0 Å². The van der Waals surface area contributed by atoms with Gasteiger partial charge in [0.1, 0.15) is 17.9 Å². The predicted molar refractivity (Wildman–Crippen MR) is 93.5 cm³/mol. The van der Waals surface area contributed by atoms with E-state index >= 15 is 0 Å². The van der Waals surface area contributed by atoms with Gasteiger partial charge < -0.3 is 18.9 Å². The SMILES string of the molecule is CCOC(=O)N1C2CCC1c1cc(C(=O)OC)c(OCCOC)cc1C2. The lowest BCUT2D eigenvalue weighted by molar-refractivity contribution is 0.0593. The number of nitrogens with zero attached hydrogens (tertiary/aromatic N) is 1. The van der Waals surface area contributed by atoms with Crippen LogP contribution >= 0.6 is 0 Å². The highest BCUT2D eigenvalue weighted by molar-refractivity contribution is 5.93. The number of benzene rings is 1. The Bertz CT molecular complexity index is 689. The second-order valence-corrected chi connectivity index (χ2v) is 6.44. The summed E-state index contributed by atoms with van der Waals surface area (Å²) in [5.41, 5.74) is 2.46. The minimum absolute atomic E-state index is 0.0702. The topological polar surface area (TPSA) is 74.3 Å². The van der Waals surface area contributed by atoms with E-state index in [1.807, 2.05) is 17.0 Å².